The van der Waals surface area contributed by atoms with Gasteiger partial charge in [0.05, 0.1) is 24.5 Å². The number of hydrogen-bond donors (Lipinski definition) is 3. The van der Waals surface area contributed by atoms with Crippen LogP contribution in [0.4, 0.5) is 11.5 Å². The topological polar surface area (TPSA) is 109 Å². The standard InChI is InChI=1S/C38H41N9O/c48-26-31-25-46(21-18-39-31)36-14-13-30-24-47(32-6-2-1-3-7-32)35(22-34(30)41-36)28-11-9-27(10-12-28)23-45-19-15-29(16-20-45)37-42-38(44-43-37)33-8-4-5-17-40-33/h1-14,17,22,29,31,39,48H,15-16,18-21,23-26H2,(H,42,43,44)/t31-/m0/s1. The number of aliphatic hydroxyl groups is 1. The summed E-state index contributed by atoms with van der Waals surface area (Å²) in [5.41, 5.74) is 7.83. The van der Waals surface area contributed by atoms with Crippen LogP contribution in [0.3, 0.4) is 0 Å². The van der Waals surface area contributed by atoms with Crippen molar-refractivity contribution >= 4 is 23.3 Å². The largest absolute Gasteiger partial charge is 0.395 e. The SMILES string of the molecule is OC[C@@H]1CN(c2ccc3c(n2)C=C(c2ccc(CN4CCC(c5nc(-c6ccccn6)n[nH]5)CC4)cc2)N(c2ccccc2)C3)CCN1. The van der Waals surface area contributed by atoms with Gasteiger partial charge in [0.25, 0.3) is 0 Å². The van der Waals surface area contributed by atoms with E-state index in [4.69, 9.17) is 9.97 Å². The van der Waals surface area contributed by atoms with E-state index < -0.39 is 0 Å². The Bertz CT molecular complexity index is 1850. The lowest BCUT2D eigenvalue weighted by Gasteiger charge is -2.35. The van der Waals surface area contributed by atoms with Gasteiger partial charge in [-0.2, -0.15) is 5.10 Å². The van der Waals surface area contributed by atoms with Crippen LogP contribution in [-0.4, -0.2) is 80.5 Å². The fourth-order valence-electron chi connectivity index (χ4n) is 7.09. The van der Waals surface area contributed by atoms with Gasteiger partial charge < -0.3 is 20.2 Å². The maximum atomic E-state index is 9.71. The van der Waals surface area contributed by atoms with Crippen molar-refractivity contribution in [2.75, 3.05) is 49.1 Å². The molecule has 6 heterocycles. The van der Waals surface area contributed by atoms with Crippen LogP contribution in [0.15, 0.2) is 91.1 Å². The van der Waals surface area contributed by atoms with Crippen molar-refractivity contribution in [1.29, 1.82) is 0 Å². The number of H-pyrrole nitrogens is 1. The number of aromatic nitrogens is 5. The van der Waals surface area contributed by atoms with Crippen molar-refractivity contribution in [3.8, 4) is 11.5 Å². The summed E-state index contributed by atoms with van der Waals surface area (Å²) in [4.78, 5) is 21.5. The second kappa shape index (κ2) is 13.7. The zero-order chi connectivity index (χ0) is 32.3. The van der Waals surface area contributed by atoms with E-state index in [2.05, 4.69) is 108 Å². The molecule has 3 aliphatic rings. The van der Waals surface area contributed by atoms with Crippen LogP contribution in [0.5, 0.6) is 0 Å². The number of nitrogens with zero attached hydrogens (tertiary/aromatic N) is 7. The maximum absolute atomic E-state index is 9.71. The first-order valence-corrected chi connectivity index (χ1v) is 17.0. The zero-order valence-electron chi connectivity index (χ0n) is 27.0. The van der Waals surface area contributed by atoms with Gasteiger partial charge >= 0.3 is 0 Å². The minimum atomic E-state index is 0.0698. The lowest BCUT2D eigenvalue weighted by molar-refractivity contribution is 0.202. The predicted molar refractivity (Wildman–Crippen MR) is 189 cm³/mol. The molecule has 0 spiro atoms. The summed E-state index contributed by atoms with van der Waals surface area (Å²) < 4.78 is 0. The van der Waals surface area contributed by atoms with Crippen molar-refractivity contribution in [1.82, 2.24) is 35.4 Å². The summed E-state index contributed by atoms with van der Waals surface area (Å²) in [5, 5.41) is 20.7. The van der Waals surface area contributed by atoms with Gasteiger partial charge in [-0.1, -0.05) is 54.6 Å². The lowest BCUT2D eigenvalue weighted by Crippen LogP contribution is -2.52. The molecular weight excluding hydrogens is 598 g/mol. The molecule has 0 unspecified atom stereocenters. The number of anilines is 2. The summed E-state index contributed by atoms with van der Waals surface area (Å²) in [6, 6.07) is 29.9. The Balaban J connectivity index is 0.970. The van der Waals surface area contributed by atoms with Gasteiger partial charge in [-0.15, -0.1) is 0 Å². The molecule has 1 atom stereocenters. The molecule has 3 N–H and O–H groups in total. The third-order valence-electron chi connectivity index (χ3n) is 9.78. The number of para-hydroxylation sites is 1. The monoisotopic (exact) mass is 639 g/mol. The number of aliphatic hydroxyl groups excluding tert-OH is 1. The number of piperazine rings is 1. The first kappa shape index (κ1) is 30.4. The van der Waals surface area contributed by atoms with E-state index in [-0.39, 0.29) is 12.6 Å². The summed E-state index contributed by atoms with van der Waals surface area (Å²) in [5.74, 6) is 2.99. The van der Waals surface area contributed by atoms with E-state index >= 15 is 0 Å². The Labute approximate surface area is 281 Å². The Hall–Kier alpha value is -4.90. The normalized spacial score (nSPS) is 18.9. The molecule has 2 fully saturated rings. The molecule has 0 bridgehead atoms. The summed E-state index contributed by atoms with van der Waals surface area (Å²) in [6.45, 7) is 6.32. The molecule has 2 saturated heterocycles. The predicted octanol–water partition coefficient (Wildman–Crippen LogP) is 4.93. The van der Waals surface area contributed by atoms with Gasteiger partial charge in [0.1, 0.15) is 17.3 Å². The van der Waals surface area contributed by atoms with Crippen LogP contribution in [-0.2, 0) is 13.1 Å². The number of benzene rings is 2. The van der Waals surface area contributed by atoms with Crippen molar-refractivity contribution < 1.29 is 5.11 Å². The molecule has 2 aromatic carbocycles. The van der Waals surface area contributed by atoms with Crippen molar-refractivity contribution in [3.05, 3.63) is 119 Å². The Morgan fingerprint density at radius 3 is 2.48 bits per heavy atom. The van der Waals surface area contributed by atoms with Crippen molar-refractivity contribution in [3.63, 3.8) is 0 Å². The van der Waals surface area contributed by atoms with E-state index in [9.17, 15) is 5.11 Å². The average Bonchev–Trinajstić information content (AvgIpc) is 3.66. The lowest BCUT2D eigenvalue weighted by atomic mass is 9.95. The van der Waals surface area contributed by atoms with E-state index in [1.54, 1.807) is 6.20 Å². The Kier molecular flexibility index (Phi) is 8.67. The highest BCUT2D eigenvalue weighted by molar-refractivity contribution is 5.92. The molecule has 0 aliphatic carbocycles. The molecule has 244 valence electrons. The minimum Gasteiger partial charge on any atom is -0.395 e. The van der Waals surface area contributed by atoms with Gasteiger partial charge in [0.15, 0.2) is 5.82 Å². The molecule has 8 rings (SSSR count). The number of hydrogen-bond acceptors (Lipinski definition) is 9. The number of fused-ring (bicyclic) bond motifs is 1. The number of aromatic amines is 1. The quantitative estimate of drug-likeness (QED) is 0.218. The number of pyridine rings is 2. The van der Waals surface area contributed by atoms with Crippen LogP contribution in [0.25, 0.3) is 23.3 Å². The number of piperidine rings is 1. The van der Waals surface area contributed by atoms with E-state index in [1.165, 1.54) is 16.7 Å². The van der Waals surface area contributed by atoms with Crippen molar-refractivity contribution in [2.45, 2.75) is 37.9 Å². The second-order valence-electron chi connectivity index (χ2n) is 13.0. The Morgan fingerprint density at radius 1 is 0.854 bits per heavy atom. The van der Waals surface area contributed by atoms with E-state index in [1.807, 2.05) is 18.2 Å². The fraction of sp³-hybridized carbons (Fsp3) is 0.316. The molecule has 5 aromatic rings. The maximum Gasteiger partial charge on any atom is 0.199 e. The summed E-state index contributed by atoms with van der Waals surface area (Å²) in [7, 11) is 0. The smallest absolute Gasteiger partial charge is 0.199 e. The van der Waals surface area contributed by atoms with Crippen LogP contribution in [0.1, 0.15) is 47.0 Å². The molecule has 10 heteroatoms. The van der Waals surface area contributed by atoms with Gasteiger partial charge in [-0.25, -0.2) is 9.97 Å². The molecule has 0 saturated carbocycles. The number of rotatable bonds is 8. The summed E-state index contributed by atoms with van der Waals surface area (Å²) >= 11 is 0. The molecule has 0 amide bonds. The summed E-state index contributed by atoms with van der Waals surface area (Å²) in [6.07, 6.45) is 6.12. The third-order valence-corrected chi connectivity index (χ3v) is 9.78. The van der Waals surface area contributed by atoms with Gasteiger partial charge in [-0.05, 0) is 79.0 Å². The van der Waals surface area contributed by atoms with Gasteiger partial charge in [0, 0.05) is 50.0 Å². The molecule has 3 aromatic heterocycles. The average molecular weight is 640 g/mol. The second-order valence-corrected chi connectivity index (χ2v) is 13.0. The fourth-order valence-corrected chi connectivity index (χ4v) is 7.09. The zero-order valence-corrected chi connectivity index (χ0v) is 27.0. The van der Waals surface area contributed by atoms with Crippen molar-refractivity contribution in [2.24, 2.45) is 0 Å². The molecule has 48 heavy (non-hydrogen) atoms. The third kappa shape index (κ3) is 6.47. The van der Waals surface area contributed by atoms with Crippen LogP contribution >= 0.6 is 0 Å². The molecule has 10 nitrogen and oxygen atoms in total. The van der Waals surface area contributed by atoms with E-state index in [0.717, 1.165) is 93.1 Å². The highest BCUT2D eigenvalue weighted by Crippen LogP contribution is 2.36. The Morgan fingerprint density at radius 2 is 1.69 bits per heavy atom. The highest BCUT2D eigenvalue weighted by Gasteiger charge is 2.26. The van der Waals surface area contributed by atoms with Gasteiger partial charge in [0.2, 0.25) is 0 Å². The first-order chi connectivity index (χ1) is 23.7. The van der Waals surface area contributed by atoms with Crippen LogP contribution < -0.4 is 15.1 Å². The minimum absolute atomic E-state index is 0.0698. The molecule has 3 aliphatic heterocycles. The molecule has 0 radical (unpaired) electrons. The first-order valence-electron chi connectivity index (χ1n) is 17.0. The number of likely N-dealkylation sites (tertiary alicyclic amines) is 1. The number of nitrogens with one attached hydrogen (secondary N) is 2. The molecular formula is C38H41N9O. The highest BCUT2D eigenvalue weighted by atomic mass is 16.3. The van der Waals surface area contributed by atoms with Gasteiger partial charge in [-0.3, -0.25) is 15.0 Å². The van der Waals surface area contributed by atoms with Crippen LogP contribution in [0, 0.1) is 0 Å². The van der Waals surface area contributed by atoms with Crippen LogP contribution in [0.2, 0.25) is 0 Å². The van der Waals surface area contributed by atoms with E-state index in [0.29, 0.717) is 11.7 Å².